The van der Waals surface area contributed by atoms with Gasteiger partial charge in [0, 0.05) is 10.9 Å². The standard InChI is InChI=1S/C16H13BrO3/c1-19-14-5-3-2-4-12(14)15(18)13-9-11(17)8-10-6-7-20-16(10)13/h2-5,8-9H,6-7H2,1H3. The Morgan fingerprint density at radius 3 is 2.85 bits per heavy atom. The van der Waals surface area contributed by atoms with Crippen molar-refractivity contribution in [3.8, 4) is 11.5 Å². The van der Waals surface area contributed by atoms with Crippen molar-refractivity contribution in [3.05, 3.63) is 57.6 Å². The summed E-state index contributed by atoms with van der Waals surface area (Å²) in [6.07, 6.45) is 0.834. The summed E-state index contributed by atoms with van der Waals surface area (Å²) >= 11 is 3.45. The number of ketones is 1. The van der Waals surface area contributed by atoms with E-state index in [4.69, 9.17) is 9.47 Å². The van der Waals surface area contributed by atoms with Crippen molar-refractivity contribution < 1.29 is 14.3 Å². The van der Waals surface area contributed by atoms with E-state index in [0.29, 0.717) is 29.2 Å². The molecule has 0 N–H and O–H groups in total. The van der Waals surface area contributed by atoms with Crippen molar-refractivity contribution in [2.75, 3.05) is 13.7 Å². The largest absolute Gasteiger partial charge is 0.496 e. The van der Waals surface area contributed by atoms with E-state index in [1.807, 2.05) is 18.2 Å². The predicted molar refractivity (Wildman–Crippen MR) is 79.8 cm³/mol. The van der Waals surface area contributed by atoms with Gasteiger partial charge in [0.2, 0.25) is 5.78 Å². The molecule has 0 aromatic heterocycles. The van der Waals surface area contributed by atoms with Crippen LogP contribution in [0.1, 0.15) is 21.5 Å². The van der Waals surface area contributed by atoms with Gasteiger partial charge in [0.05, 0.1) is 24.8 Å². The third-order valence-corrected chi connectivity index (χ3v) is 3.80. The van der Waals surface area contributed by atoms with Crippen LogP contribution < -0.4 is 9.47 Å². The first-order valence-electron chi connectivity index (χ1n) is 6.33. The van der Waals surface area contributed by atoms with Crippen LogP contribution in [0.25, 0.3) is 0 Å². The van der Waals surface area contributed by atoms with Gasteiger partial charge in [-0.2, -0.15) is 0 Å². The molecule has 0 amide bonds. The Morgan fingerprint density at radius 1 is 1.25 bits per heavy atom. The molecule has 0 radical (unpaired) electrons. The fraction of sp³-hybridized carbons (Fsp3) is 0.188. The number of carbonyl (C=O) groups is 1. The van der Waals surface area contributed by atoms with Crippen molar-refractivity contribution in [2.45, 2.75) is 6.42 Å². The van der Waals surface area contributed by atoms with Gasteiger partial charge in [-0.15, -0.1) is 0 Å². The van der Waals surface area contributed by atoms with E-state index in [1.165, 1.54) is 0 Å². The lowest BCUT2D eigenvalue weighted by Crippen LogP contribution is -2.06. The fourth-order valence-electron chi connectivity index (χ4n) is 2.42. The molecule has 3 nitrogen and oxygen atoms in total. The number of rotatable bonds is 3. The van der Waals surface area contributed by atoms with Gasteiger partial charge in [0.25, 0.3) is 0 Å². The number of hydrogen-bond acceptors (Lipinski definition) is 3. The highest BCUT2D eigenvalue weighted by atomic mass is 79.9. The van der Waals surface area contributed by atoms with Crippen LogP contribution in [-0.4, -0.2) is 19.5 Å². The molecule has 4 heteroatoms. The first-order chi connectivity index (χ1) is 9.70. The zero-order chi connectivity index (χ0) is 14.1. The van der Waals surface area contributed by atoms with Gasteiger partial charge >= 0.3 is 0 Å². The fourth-order valence-corrected chi connectivity index (χ4v) is 2.92. The molecular formula is C16H13BrO3. The highest BCUT2D eigenvalue weighted by Crippen LogP contribution is 2.35. The number of hydrogen-bond donors (Lipinski definition) is 0. The highest BCUT2D eigenvalue weighted by molar-refractivity contribution is 9.10. The number of halogens is 1. The smallest absolute Gasteiger partial charge is 0.200 e. The first kappa shape index (κ1) is 13.2. The monoisotopic (exact) mass is 332 g/mol. The molecule has 3 rings (SSSR count). The second-order valence-corrected chi connectivity index (χ2v) is 5.49. The quantitative estimate of drug-likeness (QED) is 0.805. The van der Waals surface area contributed by atoms with Gasteiger partial charge < -0.3 is 9.47 Å². The minimum absolute atomic E-state index is 0.0816. The van der Waals surface area contributed by atoms with Gasteiger partial charge in [-0.1, -0.05) is 28.1 Å². The number of carbonyl (C=O) groups excluding carboxylic acids is 1. The number of ether oxygens (including phenoxy) is 2. The molecule has 0 saturated heterocycles. The summed E-state index contributed by atoms with van der Waals surface area (Å²) < 4.78 is 11.8. The van der Waals surface area contributed by atoms with Gasteiger partial charge in [-0.25, -0.2) is 0 Å². The molecule has 0 bridgehead atoms. The third kappa shape index (κ3) is 2.20. The second kappa shape index (κ2) is 5.29. The summed E-state index contributed by atoms with van der Waals surface area (Å²) in [4.78, 5) is 12.8. The van der Waals surface area contributed by atoms with Crippen molar-refractivity contribution in [2.24, 2.45) is 0 Å². The van der Waals surface area contributed by atoms with E-state index in [9.17, 15) is 4.79 Å². The van der Waals surface area contributed by atoms with E-state index >= 15 is 0 Å². The molecule has 0 unspecified atom stereocenters. The molecule has 102 valence electrons. The molecule has 1 aliphatic heterocycles. The summed E-state index contributed by atoms with van der Waals surface area (Å²) in [6, 6.07) is 11.0. The average Bonchev–Trinajstić information content (AvgIpc) is 2.93. The summed E-state index contributed by atoms with van der Waals surface area (Å²) in [5, 5.41) is 0. The molecule has 0 saturated carbocycles. The molecular weight excluding hydrogens is 320 g/mol. The Labute approximate surface area is 125 Å². The van der Waals surface area contributed by atoms with Crippen molar-refractivity contribution in [3.63, 3.8) is 0 Å². The predicted octanol–water partition coefficient (Wildman–Crippen LogP) is 3.62. The van der Waals surface area contributed by atoms with Crippen LogP contribution in [0.4, 0.5) is 0 Å². The topological polar surface area (TPSA) is 35.5 Å². The van der Waals surface area contributed by atoms with Crippen molar-refractivity contribution >= 4 is 21.7 Å². The highest BCUT2D eigenvalue weighted by Gasteiger charge is 2.24. The van der Waals surface area contributed by atoms with E-state index < -0.39 is 0 Å². The van der Waals surface area contributed by atoms with E-state index in [2.05, 4.69) is 15.9 Å². The van der Waals surface area contributed by atoms with Crippen LogP contribution >= 0.6 is 15.9 Å². The molecule has 2 aromatic carbocycles. The van der Waals surface area contributed by atoms with Gasteiger partial charge in [0.15, 0.2) is 0 Å². The van der Waals surface area contributed by atoms with Crippen LogP contribution in [0.2, 0.25) is 0 Å². The molecule has 0 aliphatic carbocycles. The molecule has 20 heavy (non-hydrogen) atoms. The van der Waals surface area contributed by atoms with Crippen LogP contribution in [0.3, 0.4) is 0 Å². The number of fused-ring (bicyclic) bond motifs is 1. The lowest BCUT2D eigenvalue weighted by Gasteiger charge is -2.11. The summed E-state index contributed by atoms with van der Waals surface area (Å²) in [5.74, 6) is 1.19. The minimum Gasteiger partial charge on any atom is -0.496 e. The van der Waals surface area contributed by atoms with Crippen LogP contribution in [0, 0.1) is 0 Å². The van der Waals surface area contributed by atoms with E-state index in [0.717, 1.165) is 16.5 Å². The van der Waals surface area contributed by atoms with Crippen LogP contribution in [0.15, 0.2) is 40.9 Å². The summed E-state index contributed by atoms with van der Waals surface area (Å²) in [5.41, 5.74) is 2.19. The van der Waals surface area contributed by atoms with Crippen LogP contribution in [0.5, 0.6) is 11.5 Å². The Bertz CT molecular complexity index is 679. The van der Waals surface area contributed by atoms with Gasteiger partial charge in [0.1, 0.15) is 11.5 Å². The first-order valence-corrected chi connectivity index (χ1v) is 7.13. The maximum absolute atomic E-state index is 12.8. The Kier molecular flexibility index (Phi) is 3.49. The van der Waals surface area contributed by atoms with Gasteiger partial charge in [-0.3, -0.25) is 4.79 Å². The maximum Gasteiger partial charge on any atom is 0.200 e. The van der Waals surface area contributed by atoms with E-state index in [-0.39, 0.29) is 5.78 Å². The third-order valence-electron chi connectivity index (χ3n) is 3.34. The maximum atomic E-state index is 12.8. The Balaban J connectivity index is 2.12. The van der Waals surface area contributed by atoms with E-state index in [1.54, 1.807) is 25.3 Å². The van der Waals surface area contributed by atoms with Crippen molar-refractivity contribution in [1.82, 2.24) is 0 Å². The molecule has 0 spiro atoms. The minimum atomic E-state index is -0.0816. The normalized spacial score (nSPS) is 12.7. The summed E-state index contributed by atoms with van der Waals surface area (Å²) in [6.45, 7) is 0.623. The average molecular weight is 333 g/mol. The lowest BCUT2D eigenvalue weighted by atomic mass is 9.99. The Morgan fingerprint density at radius 2 is 2.05 bits per heavy atom. The number of benzene rings is 2. The van der Waals surface area contributed by atoms with Crippen LogP contribution in [-0.2, 0) is 6.42 Å². The number of methoxy groups -OCH3 is 1. The number of para-hydroxylation sites is 1. The zero-order valence-corrected chi connectivity index (χ0v) is 12.6. The van der Waals surface area contributed by atoms with Gasteiger partial charge in [-0.05, 0) is 29.8 Å². The summed E-state index contributed by atoms with van der Waals surface area (Å²) in [7, 11) is 1.56. The SMILES string of the molecule is COc1ccccc1C(=O)c1cc(Br)cc2c1OCC2. The molecule has 0 atom stereocenters. The molecule has 1 aliphatic rings. The van der Waals surface area contributed by atoms with Crippen molar-refractivity contribution in [1.29, 1.82) is 0 Å². The molecule has 2 aromatic rings. The zero-order valence-electron chi connectivity index (χ0n) is 11.0. The lowest BCUT2D eigenvalue weighted by molar-refractivity contribution is 0.103. The molecule has 0 fully saturated rings. The Hall–Kier alpha value is -1.81. The molecule has 1 heterocycles. The second-order valence-electron chi connectivity index (χ2n) is 4.57.